The molecule has 0 bridgehead atoms. The normalized spacial score (nSPS) is 26.2. The van der Waals surface area contributed by atoms with Crippen LogP contribution in [0, 0.1) is 11.7 Å². The van der Waals surface area contributed by atoms with Crippen LogP contribution in [0.5, 0.6) is 0 Å². The lowest BCUT2D eigenvalue weighted by Crippen LogP contribution is -2.46. The zero-order chi connectivity index (χ0) is 27.3. The van der Waals surface area contributed by atoms with Gasteiger partial charge >= 0.3 is 12.4 Å². The van der Waals surface area contributed by atoms with Crippen LogP contribution in [-0.2, 0) is 17.1 Å². The molecule has 2 aromatic carbocycles. The van der Waals surface area contributed by atoms with Crippen molar-refractivity contribution < 1.29 is 40.6 Å². The van der Waals surface area contributed by atoms with Crippen LogP contribution >= 0.6 is 0 Å². The Labute approximate surface area is 211 Å². The fourth-order valence-electron chi connectivity index (χ4n) is 5.68. The highest BCUT2D eigenvalue weighted by molar-refractivity contribution is 5.35. The molecule has 1 N–H and O–H groups in total. The first-order chi connectivity index (χ1) is 17.0. The second kappa shape index (κ2) is 9.85. The summed E-state index contributed by atoms with van der Waals surface area (Å²) in [5, 5.41) is 10.6. The van der Waals surface area contributed by atoms with E-state index in [0.29, 0.717) is 31.6 Å². The van der Waals surface area contributed by atoms with Crippen LogP contribution in [0.1, 0.15) is 67.9 Å². The Hall–Kier alpha value is -2.17. The van der Waals surface area contributed by atoms with Gasteiger partial charge in [0.1, 0.15) is 5.82 Å². The number of hydrogen-bond donors (Lipinski definition) is 1. The third kappa shape index (κ3) is 6.12. The van der Waals surface area contributed by atoms with E-state index in [1.807, 2.05) is 0 Å². The smallest absolute Gasteiger partial charge is 0.390 e. The van der Waals surface area contributed by atoms with E-state index in [0.717, 1.165) is 12.0 Å². The average Bonchev–Trinajstić information content (AvgIpc) is 3.14. The lowest BCUT2D eigenvalue weighted by atomic mass is 9.76. The molecule has 3 unspecified atom stereocenters. The third-order valence-electron chi connectivity index (χ3n) is 7.70. The van der Waals surface area contributed by atoms with Gasteiger partial charge in [-0.3, -0.25) is 4.90 Å². The Balaban J connectivity index is 1.66. The van der Waals surface area contributed by atoms with Gasteiger partial charge in [0, 0.05) is 18.5 Å². The Kier molecular flexibility index (Phi) is 7.42. The molecular weight excluding hydrogens is 503 g/mol. The summed E-state index contributed by atoms with van der Waals surface area (Å²) in [5.74, 6) is -0.738. The Morgan fingerprint density at radius 2 is 1.51 bits per heavy atom. The van der Waals surface area contributed by atoms with Crippen molar-refractivity contribution >= 4 is 0 Å². The predicted molar refractivity (Wildman–Crippen MR) is 123 cm³/mol. The van der Waals surface area contributed by atoms with Gasteiger partial charge in [-0.15, -0.1) is 0 Å². The fourth-order valence-corrected chi connectivity index (χ4v) is 5.68. The highest BCUT2D eigenvalue weighted by atomic mass is 19.4. The molecule has 4 rings (SSSR count). The molecule has 3 nitrogen and oxygen atoms in total. The average molecular weight is 534 g/mol. The van der Waals surface area contributed by atoms with E-state index in [1.54, 1.807) is 26.0 Å². The molecule has 204 valence electrons. The molecule has 37 heavy (non-hydrogen) atoms. The first-order valence-corrected chi connectivity index (χ1v) is 12.2. The largest absolute Gasteiger partial charge is 0.416 e. The summed E-state index contributed by atoms with van der Waals surface area (Å²) in [7, 11) is 0. The van der Waals surface area contributed by atoms with Gasteiger partial charge in [0.25, 0.3) is 0 Å². The highest BCUT2D eigenvalue weighted by Crippen LogP contribution is 2.46. The quantitative estimate of drug-likeness (QED) is 0.422. The van der Waals surface area contributed by atoms with Crippen molar-refractivity contribution in [2.75, 3.05) is 13.1 Å². The second-order valence-electron chi connectivity index (χ2n) is 10.7. The molecule has 0 aliphatic carbocycles. The monoisotopic (exact) mass is 533 g/mol. The van der Waals surface area contributed by atoms with E-state index < -0.39 is 47.1 Å². The molecule has 2 aliphatic rings. The van der Waals surface area contributed by atoms with Crippen LogP contribution in [-0.4, -0.2) is 40.8 Å². The van der Waals surface area contributed by atoms with Gasteiger partial charge in [0.15, 0.2) is 0 Å². The van der Waals surface area contributed by atoms with Crippen molar-refractivity contribution in [3.8, 4) is 0 Å². The van der Waals surface area contributed by atoms with Gasteiger partial charge in [-0.25, -0.2) is 4.39 Å². The lowest BCUT2D eigenvalue weighted by Gasteiger charge is -2.41. The zero-order valence-corrected chi connectivity index (χ0v) is 20.7. The van der Waals surface area contributed by atoms with Gasteiger partial charge in [-0.1, -0.05) is 12.1 Å². The maximum atomic E-state index is 13.7. The molecule has 0 spiro atoms. The molecule has 0 saturated carbocycles. The minimum atomic E-state index is -4.95. The van der Waals surface area contributed by atoms with Crippen LogP contribution in [0.25, 0.3) is 0 Å². The molecular formula is C27H30F7NO2. The molecule has 2 aromatic rings. The van der Waals surface area contributed by atoms with E-state index in [-0.39, 0.29) is 29.5 Å². The number of fused-ring (bicyclic) bond motifs is 1. The van der Waals surface area contributed by atoms with Crippen molar-refractivity contribution in [1.82, 2.24) is 4.90 Å². The van der Waals surface area contributed by atoms with E-state index in [9.17, 15) is 35.8 Å². The van der Waals surface area contributed by atoms with E-state index >= 15 is 0 Å². The number of halogens is 7. The summed E-state index contributed by atoms with van der Waals surface area (Å²) in [4.78, 5) is 2.18. The van der Waals surface area contributed by atoms with Crippen molar-refractivity contribution in [1.29, 1.82) is 0 Å². The summed E-state index contributed by atoms with van der Waals surface area (Å²) < 4.78 is 100. The number of piperidine rings is 1. The zero-order valence-electron chi connectivity index (χ0n) is 20.7. The molecule has 0 radical (unpaired) electrons. The first kappa shape index (κ1) is 27.9. The van der Waals surface area contributed by atoms with E-state index in [4.69, 9.17) is 4.74 Å². The molecule has 0 aromatic heterocycles. The topological polar surface area (TPSA) is 32.7 Å². The number of aliphatic hydroxyl groups is 1. The van der Waals surface area contributed by atoms with Crippen molar-refractivity contribution in [2.24, 2.45) is 5.92 Å². The number of hydrogen-bond acceptors (Lipinski definition) is 3. The van der Waals surface area contributed by atoms with Crippen LogP contribution in [0.2, 0.25) is 0 Å². The lowest BCUT2D eigenvalue weighted by molar-refractivity contribution is -0.143. The molecule has 10 heteroatoms. The molecule has 2 heterocycles. The van der Waals surface area contributed by atoms with E-state index in [1.165, 1.54) is 19.1 Å². The maximum absolute atomic E-state index is 13.7. The number of ether oxygens (including phenoxy) is 1. The number of rotatable bonds is 5. The number of benzene rings is 2. The van der Waals surface area contributed by atoms with Gasteiger partial charge in [0.05, 0.1) is 28.9 Å². The Morgan fingerprint density at radius 3 is 2.03 bits per heavy atom. The number of nitrogens with zero attached hydrogens (tertiary/aromatic N) is 1. The highest BCUT2D eigenvalue weighted by Gasteiger charge is 2.48. The molecule has 0 amide bonds. The van der Waals surface area contributed by atoms with Crippen LogP contribution < -0.4 is 0 Å². The summed E-state index contributed by atoms with van der Waals surface area (Å²) >= 11 is 0. The SMILES string of the molecule is C[C@@H](O[C@H]1CN2CCC(C(C)(C)O)CC2C1c1ccc(F)cc1)c1cc(C(F)(F)F)cc(C(F)(F)F)c1. The minimum Gasteiger partial charge on any atom is -0.390 e. The van der Waals surface area contributed by atoms with Crippen LogP contribution in [0.4, 0.5) is 30.7 Å². The number of alkyl halides is 6. The second-order valence-corrected chi connectivity index (χ2v) is 10.7. The van der Waals surface area contributed by atoms with Gasteiger partial charge in [-0.2, -0.15) is 26.3 Å². The summed E-state index contributed by atoms with van der Waals surface area (Å²) in [6.07, 6.45) is -10.2. The molecule has 5 atom stereocenters. The standard InChI is InChI=1S/C27H30F7NO2/c1-15(17-10-19(26(29,30)31)12-20(11-17)27(32,33)34)37-23-14-35-9-8-18(25(2,3)36)13-22(35)24(23)16-4-6-21(28)7-5-16/h4-7,10-12,15,18,22-24,36H,8-9,13-14H2,1-3H3/t15-,18?,22?,23+,24?/m1/s1. The van der Waals surface area contributed by atoms with Gasteiger partial charge < -0.3 is 9.84 Å². The Bertz CT molecular complexity index is 1060. The fraction of sp³-hybridized carbons (Fsp3) is 0.556. The minimum absolute atomic E-state index is 0.00863. The van der Waals surface area contributed by atoms with Gasteiger partial charge in [-0.05, 0) is 87.5 Å². The van der Waals surface area contributed by atoms with Crippen molar-refractivity contribution in [3.05, 3.63) is 70.5 Å². The molecule has 2 saturated heterocycles. The Morgan fingerprint density at radius 1 is 0.946 bits per heavy atom. The van der Waals surface area contributed by atoms with Crippen molar-refractivity contribution in [3.63, 3.8) is 0 Å². The summed E-state index contributed by atoms with van der Waals surface area (Å²) in [6, 6.07) is 7.30. The van der Waals surface area contributed by atoms with Crippen LogP contribution in [0.15, 0.2) is 42.5 Å². The van der Waals surface area contributed by atoms with Crippen LogP contribution in [0.3, 0.4) is 0 Å². The summed E-state index contributed by atoms with van der Waals surface area (Å²) in [5.41, 5.74) is -3.15. The predicted octanol–water partition coefficient (Wildman–Crippen LogP) is 6.96. The van der Waals surface area contributed by atoms with Gasteiger partial charge in [0.2, 0.25) is 0 Å². The first-order valence-electron chi connectivity index (χ1n) is 12.2. The molecule has 2 fully saturated rings. The van der Waals surface area contributed by atoms with Crippen molar-refractivity contribution in [2.45, 2.75) is 75.7 Å². The molecule has 2 aliphatic heterocycles. The van der Waals surface area contributed by atoms with E-state index in [2.05, 4.69) is 4.90 Å². The maximum Gasteiger partial charge on any atom is 0.416 e. The summed E-state index contributed by atoms with van der Waals surface area (Å²) in [6.45, 7) is 6.01. The third-order valence-corrected chi connectivity index (χ3v) is 7.70.